The average Bonchev–Trinajstić information content (AvgIpc) is 3.44. The molecule has 0 heteroatoms. The molecule has 2 aliphatic carbocycles. The first-order valence-electron chi connectivity index (χ1n) is 14.3. The lowest BCUT2D eigenvalue weighted by Gasteiger charge is -2.33. The van der Waals surface area contributed by atoms with E-state index in [-0.39, 0.29) is 0 Å². The number of allylic oxidation sites excluding steroid dienone is 8. The van der Waals surface area contributed by atoms with Crippen molar-refractivity contribution >= 4 is 16.7 Å². The fraction of sp³-hybridized carbons (Fsp3) is 0.150. The van der Waals surface area contributed by atoms with Gasteiger partial charge in [-0.15, -0.1) is 0 Å². The molecule has 0 amide bonds. The number of benzene rings is 4. The highest BCUT2D eigenvalue weighted by molar-refractivity contribution is 6.12. The summed E-state index contributed by atoms with van der Waals surface area (Å²) in [4.78, 5) is 0. The minimum absolute atomic E-state index is 0.392. The lowest BCUT2D eigenvalue weighted by atomic mass is 9.67. The van der Waals surface area contributed by atoms with Crippen molar-refractivity contribution < 1.29 is 0 Å². The molecular weight excluding hydrogens is 480 g/mol. The molecule has 6 rings (SSSR count). The summed E-state index contributed by atoms with van der Waals surface area (Å²) in [6.45, 7) is 16.8. The Morgan fingerprint density at radius 2 is 1.25 bits per heavy atom. The molecule has 4 aromatic rings. The first-order chi connectivity index (χ1) is 19.5. The summed E-state index contributed by atoms with van der Waals surface area (Å²) < 4.78 is 0. The zero-order chi connectivity index (χ0) is 28.3. The second-order valence-electron chi connectivity index (χ2n) is 10.6. The van der Waals surface area contributed by atoms with Gasteiger partial charge in [0, 0.05) is 0 Å². The zero-order valence-corrected chi connectivity index (χ0v) is 24.2. The van der Waals surface area contributed by atoms with Gasteiger partial charge in [-0.3, -0.25) is 0 Å². The topological polar surface area (TPSA) is 0 Å². The summed E-state index contributed by atoms with van der Waals surface area (Å²) in [5, 5.41) is 0. The van der Waals surface area contributed by atoms with Crippen molar-refractivity contribution in [3.63, 3.8) is 0 Å². The van der Waals surface area contributed by atoms with Gasteiger partial charge in [-0.2, -0.15) is 0 Å². The predicted octanol–water partition coefficient (Wildman–Crippen LogP) is 11.0. The second-order valence-corrected chi connectivity index (χ2v) is 10.6. The van der Waals surface area contributed by atoms with E-state index < -0.39 is 5.41 Å². The molecule has 0 fully saturated rings. The van der Waals surface area contributed by atoms with Crippen molar-refractivity contribution in [3.8, 4) is 11.1 Å². The summed E-state index contributed by atoms with van der Waals surface area (Å²) in [6, 6.07) is 33.6. The van der Waals surface area contributed by atoms with Gasteiger partial charge in [-0.1, -0.05) is 149 Å². The Hall–Kier alpha value is -4.42. The number of aryl methyl sites for hydroxylation is 1. The van der Waals surface area contributed by atoms with E-state index in [0.29, 0.717) is 0 Å². The first-order valence-corrected chi connectivity index (χ1v) is 14.3. The molecule has 1 spiro atoms. The van der Waals surface area contributed by atoms with Crippen LogP contribution in [0.3, 0.4) is 0 Å². The molecule has 0 radical (unpaired) electrons. The Morgan fingerprint density at radius 1 is 0.700 bits per heavy atom. The van der Waals surface area contributed by atoms with Crippen molar-refractivity contribution in [2.75, 3.05) is 0 Å². The maximum Gasteiger partial charge on any atom is 0.0731 e. The molecule has 2 aliphatic rings. The van der Waals surface area contributed by atoms with Crippen LogP contribution in [0.5, 0.6) is 0 Å². The quantitative estimate of drug-likeness (QED) is 0.230. The van der Waals surface area contributed by atoms with E-state index >= 15 is 0 Å². The van der Waals surface area contributed by atoms with E-state index in [1.165, 1.54) is 73.2 Å². The summed E-state index contributed by atoms with van der Waals surface area (Å²) in [6.07, 6.45) is 11.3. The fourth-order valence-corrected chi connectivity index (χ4v) is 6.39. The van der Waals surface area contributed by atoms with Gasteiger partial charge in [0.15, 0.2) is 0 Å². The monoisotopic (exact) mass is 518 g/mol. The van der Waals surface area contributed by atoms with E-state index in [4.69, 9.17) is 0 Å². The Bertz CT molecular complexity index is 1640. The van der Waals surface area contributed by atoms with E-state index in [1.54, 1.807) is 6.08 Å². The lowest BCUT2D eigenvalue weighted by Crippen LogP contribution is -2.27. The van der Waals surface area contributed by atoms with Crippen LogP contribution in [0.4, 0.5) is 0 Å². The Kier molecular flexibility index (Phi) is 7.71. The van der Waals surface area contributed by atoms with Gasteiger partial charge < -0.3 is 0 Å². The van der Waals surface area contributed by atoms with Gasteiger partial charge in [-0.05, 0) is 86.7 Å². The third-order valence-corrected chi connectivity index (χ3v) is 7.98. The van der Waals surface area contributed by atoms with Crippen LogP contribution < -0.4 is 0 Å². The normalized spacial score (nSPS) is 14.4. The van der Waals surface area contributed by atoms with Crippen LogP contribution >= 0.6 is 0 Å². The van der Waals surface area contributed by atoms with Crippen LogP contribution in [0.25, 0.3) is 27.8 Å². The third kappa shape index (κ3) is 4.16. The Labute approximate surface area is 240 Å². The van der Waals surface area contributed by atoms with Crippen LogP contribution in [0, 0.1) is 6.92 Å². The number of rotatable bonds is 5. The van der Waals surface area contributed by atoms with Crippen molar-refractivity contribution in [1.29, 1.82) is 0 Å². The van der Waals surface area contributed by atoms with Crippen molar-refractivity contribution in [2.24, 2.45) is 0 Å². The molecule has 0 saturated heterocycles. The van der Waals surface area contributed by atoms with Crippen LogP contribution in [0.2, 0.25) is 0 Å². The molecule has 0 N–H and O–H groups in total. The van der Waals surface area contributed by atoms with Gasteiger partial charge in [0.25, 0.3) is 0 Å². The Balaban J connectivity index is 0.00000103. The van der Waals surface area contributed by atoms with E-state index in [2.05, 4.69) is 144 Å². The van der Waals surface area contributed by atoms with E-state index in [9.17, 15) is 0 Å². The number of hydrogen-bond donors (Lipinski definition) is 0. The largest absolute Gasteiger partial charge is 0.0991 e. The third-order valence-electron chi connectivity index (χ3n) is 7.98. The highest BCUT2D eigenvalue weighted by atomic mass is 14.5. The van der Waals surface area contributed by atoms with Crippen molar-refractivity contribution in [2.45, 2.75) is 39.5 Å². The number of fused-ring (bicyclic) bond motifs is 7. The van der Waals surface area contributed by atoms with Gasteiger partial charge >= 0.3 is 0 Å². The first kappa shape index (κ1) is 27.2. The van der Waals surface area contributed by atoms with Crippen LogP contribution in [-0.2, 0) is 5.41 Å². The molecule has 0 bridgehead atoms. The predicted molar refractivity (Wildman–Crippen MR) is 175 cm³/mol. The maximum atomic E-state index is 4.35. The highest BCUT2D eigenvalue weighted by Gasteiger charge is 2.53. The second kappa shape index (κ2) is 11.4. The molecule has 0 unspecified atom stereocenters. The molecule has 0 nitrogen and oxygen atoms in total. The molecule has 0 aliphatic heterocycles. The summed E-state index contributed by atoms with van der Waals surface area (Å²) in [5.74, 6) is 0. The fourth-order valence-electron chi connectivity index (χ4n) is 6.39. The van der Waals surface area contributed by atoms with Crippen LogP contribution in [0.1, 0.15) is 66.1 Å². The molecule has 4 aromatic carbocycles. The molecule has 198 valence electrons. The average molecular weight is 519 g/mol. The Morgan fingerprint density at radius 3 is 1.82 bits per heavy atom. The SMILES string of the molecule is C=C/C=C\C=C(/C)c1ccc2c(c1)C(C=C)=C(c1ccccc1C)C21c2ccccc2-c2ccccc21.CCC. The molecule has 0 atom stereocenters. The molecule has 0 heterocycles. The maximum absolute atomic E-state index is 4.35. The summed E-state index contributed by atoms with van der Waals surface area (Å²) >= 11 is 0. The molecule has 40 heavy (non-hydrogen) atoms. The van der Waals surface area contributed by atoms with Crippen molar-refractivity contribution in [1.82, 2.24) is 0 Å². The molecule has 0 saturated carbocycles. The molecular formula is C40H38. The van der Waals surface area contributed by atoms with E-state index in [0.717, 1.165) is 0 Å². The van der Waals surface area contributed by atoms with E-state index in [1.807, 2.05) is 12.2 Å². The molecule has 0 aromatic heterocycles. The smallest absolute Gasteiger partial charge is 0.0731 e. The van der Waals surface area contributed by atoms with Crippen molar-refractivity contribution in [3.05, 3.63) is 173 Å². The van der Waals surface area contributed by atoms with Gasteiger partial charge in [0.2, 0.25) is 0 Å². The van der Waals surface area contributed by atoms with Gasteiger partial charge in [0.1, 0.15) is 0 Å². The minimum Gasteiger partial charge on any atom is -0.0991 e. The lowest BCUT2D eigenvalue weighted by molar-refractivity contribution is 0.840. The van der Waals surface area contributed by atoms with Gasteiger partial charge in [0.05, 0.1) is 5.41 Å². The standard InChI is InChI=1S/C37H30.C3H8/c1-5-7-8-15-25(3)27-22-23-35-32(24-27)28(6-2)36(29-17-10-9-16-26(29)4)37(35)33-20-13-11-18-30(33)31-19-12-14-21-34(31)37;1-3-2/h5-24H,1-2H2,3-4H3;3H2,1-2H3/b8-7-,25-15+;. The highest BCUT2D eigenvalue weighted by Crippen LogP contribution is 2.64. The zero-order valence-electron chi connectivity index (χ0n) is 24.2. The van der Waals surface area contributed by atoms with Gasteiger partial charge in [-0.25, -0.2) is 0 Å². The van der Waals surface area contributed by atoms with Crippen LogP contribution in [0.15, 0.2) is 135 Å². The number of hydrogen-bond acceptors (Lipinski definition) is 0. The summed E-state index contributed by atoms with van der Waals surface area (Å²) in [7, 11) is 0. The van der Waals surface area contributed by atoms with Crippen LogP contribution in [-0.4, -0.2) is 0 Å². The minimum atomic E-state index is -0.392. The summed E-state index contributed by atoms with van der Waals surface area (Å²) in [5.41, 5.74) is 15.1.